The first-order valence-electron chi connectivity index (χ1n) is 12.9. The summed E-state index contributed by atoms with van der Waals surface area (Å²) in [5.74, 6) is -1.47. The highest BCUT2D eigenvalue weighted by Gasteiger charge is 2.28. The molecule has 1 heterocycles. The molecule has 0 radical (unpaired) electrons. The summed E-state index contributed by atoms with van der Waals surface area (Å²) in [5.41, 5.74) is 1.32. The van der Waals surface area contributed by atoms with E-state index in [0.717, 1.165) is 29.1 Å². The minimum Gasteiger partial charge on any atom is -0.506 e. The smallest absolute Gasteiger partial charge is 0.318 e. The average molecular weight is 599 g/mol. The Bertz CT molecular complexity index is 1370. The molecule has 2 aromatic carbocycles. The molecule has 14 heteroatoms. The largest absolute Gasteiger partial charge is 0.506 e. The maximum Gasteiger partial charge on any atom is 0.318 e. The van der Waals surface area contributed by atoms with Crippen molar-refractivity contribution in [3.05, 3.63) is 48.0 Å². The van der Waals surface area contributed by atoms with Gasteiger partial charge in [-0.25, -0.2) is 16.8 Å². The number of sulfonamides is 2. The van der Waals surface area contributed by atoms with Crippen LogP contribution in [0.5, 0.6) is 5.75 Å². The van der Waals surface area contributed by atoms with E-state index in [2.05, 4.69) is 14.9 Å². The van der Waals surface area contributed by atoms with Crippen molar-refractivity contribution in [3.8, 4) is 5.75 Å². The number of rotatable bonds is 13. The van der Waals surface area contributed by atoms with Gasteiger partial charge in [0, 0.05) is 37.9 Å². The summed E-state index contributed by atoms with van der Waals surface area (Å²) in [6.07, 6.45) is 1.63. The lowest BCUT2D eigenvalue weighted by atomic mass is 10.0. The fourth-order valence-corrected chi connectivity index (χ4v) is 6.68. The number of aliphatic carboxylic acids is 1. The van der Waals surface area contributed by atoms with Crippen LogP contribution in [0.4, 0.5) is 11.4 Å². The standard InChI is InChI=1S/C26H38N4O8S2/c1-18(2)16-30(17-26(33)34)40(37,38)22-7-5-21(6-8-22)29-12-10-20(11-13-29)27-15-25(32)19-4-9-24(31)23(14-19)28-39(3,35)36/h4-9,14,18,20,25,27-28,31-32H,10-13,15-17H2,1-3H3,(H,33,34)/t25-/m1/s1. The Kier molecular flexibility index (Phi) is 10.4. The number of carboxylic acid groups (broad SMARTS) is 1. The van der Waals surface area contributed by atoms with Crippen LogP contribution in [0.3, 0.4) is 0 Å². The van der Waals surface area contributed by atoms with Crippen LogP contribution in [-0.4, -0.2) is 87.5 Å². The quantitative estimate of drug-likeness (QED) is 0.214. The highest BCUT2D eigenvalue weighted by Crippen LogP contribution is 2.28. The number of hydrogen-bond donors (Lipinski definition) is 5. The third-order valence-electron chi connectivity index (χ3n) is 6.52. The van der Waals surface area contributed by atoms with Crippen molar-refractivity contribution in [2.75, 3.05) is 48.6 Å². The SMILES string of the molecule is CC(C)CN(CC(=O)O)S(=O)(=O)c1ccc(N2CCC(NC[C@@H](O)c3ccc(O)c(NS(C)(=O)=O)c3)CC2)cc1. The molecule has 0 saturated carbocycles. The second kappa shape index (κ2) is 13.2. The molecule has 0 amide bonds. The van der Waals surface area contributed by atoms with Crippen molar-refractivity contribution in [1.82, 2.24) is 9.62 Å². The number of aliphatic hydroxyl groups is 1. The molecule has 40 heavy (non-hydrogen) atoms. The highest BCUT2D eigenvalue weighted by molar-refractivity contribution is 7.92. The number of aromatic hydroxyl groups is 1. The van der Waals surface area contributed by atoms with Crippen LogP contribution in [-0.2, 0) is 24.8 Å². The van der Waals surface area contributed by atoms with Crippen LogP contribution in [0.25, 0.3) is 0 Å². The maximum absolute atomic E-state index is 13.0. The van der Waals surface area contributed by atoms with Crippen molar-refractivity contribution in [2.24, 2.45) is 5.92 Å². The number of carbonyl (C=O) groups is 1. The number of phenols is 1. The van der Waals surface area contributed by atoms with Crippen molar-refractivity contribution in [1.29, 1.82) is 0 Å². The highest BCUT2D eigenvalue weighted by atomic mass is 32.2. The summed E-state index contributed by atoms with van der Waals surface area (Å²) in [7, 11) is -7.54. The number of hydrogen-bond acceptors (Lipinski definition) is 9. The van der Waals surface area contributed by atoms with E-state index in [0.29, 0.717) is 18.7 Å². The number of benzene rings is 2. The summed E-state index contributed by atoms with van der Waals surface area (Å²) < 4.78 is 52.3. The van der Waals surface area contributed by atoms with Gasteiger partial charge in [0.05, 0.1) is 22.9 Å². The van der Waals surface area contributed by atoms with Crippen LogP contribution in [0.1, 0.15) is 38.4 Å². The molecule has 1 aliphatic rings. The molecule has 3 rings (SSSR count). The third kappa shape index (κ3) is 8.80. The molecule has 0 aromatic heterocycles. The Morgan fingerprint density at radius 2 is 1.70 bits per heavy atom. The Hall–Kier alpha value is -2.91. The molecule has 1 saturated heterocycles. The van der Waals surface area contributed by atoms with E-state index in [1.165, 1.54) is 30.3 Å². The van der Waals surface area contributed by atoms with Crippen LogP contribution in [0.2, 0.25) is 0 Å². The monoisotopic (exact) mass is 598 g/mol. The fourth-order valence-electron chi connectivity index (χ4n) is 4.56. The van der Waals surface area contributed by atoms with E-state index >= 15 is 0 Å². The first kappa shape index (κ1) is 31.6. The lowest BCUT2D eigenvalue weighted by Gasteiger charge is -2.34. The van der Waals surface area contributed by atoms with Crippen LogP contribution in [0, 0.1) is 5.92 Å². The molecular weight excluding hydrogens is 560 g/mol. The zero-order chi connectivity index (χ0) is 29.7. The molecule has 2 aromatic rings. The molecule has 12 nitrogen and oxygen atoms in total. The van der Waals surface area contributed by atoms with Gasteiger partial charge in [0.25, 0.3) is 0 Å². The average Bonchev–Trinajstić information content (AvgIpc) is 2.87. The predicted molar refractivity (Wildman–Crippen MR) is 152 cm³/mol. The van der Waals surface area contributed by atoms with Crippen LogP contribution in [0.15, 0.2) is 47.4 Å². The summed E-state index contributed by atoms with van der Waals surface area (Å²) in [4.78, 5) is 13.4. The third-order valence-corrected chi connectivity index (χ3v) is 8.93. The number of carboxylic acids is 1. The Morgan fingerprint density at radius 3 is 2.25 bits per heavy atom. The number of nitrogens with one attached hydrogen (secondary N) is 2. The van der Waals surface area contributed by atoms with E-state index < -0.39 is 38.7 Å². The second-order valence-electron chi connectivity index (χ2n) is 10.4. The van der Waals surface area contributed by atoms with E-state index in [1.807, 2.05) is 13.8 Å². The number of anilines is 2. The molecule has 1 fully saturated rings. The van der Waals surface area contributed by atoms with Crippen molar-refractivity contribution >= 4 is 37.4 Å². The van der Waals surface area contributed by atoms with Gasteiger partial charge in [-0.15, -0.1) is 0 Å². The second-order valence-corrected chi connectivity index (χ2v) is 14.1. The molecule has 222 valence electrons. The van der Waals surface area contributed by atoms with E-state index in [-0.39, 0.29) is 41.4 Å². The van der Waals surface area contributed by atoms with Gasteiger partial charge < -0.3 is 25.5 Å². The number of piperidine rings is 1. The summed E-state index contributed by atoms with van der Waals surface area (Å²) in [6, 6.07) is 10.9. The molecular formula is C26H38N4O8S2. The lowest BCUT2D eigenvalue weighted by Crippen LogP contribution is -2.43. The summed E-state index contributed by atoms with van der Waals surface area (Å²) in [6.45, 7) is 4.83. The van der Waals surface area contributed by atoms with Gasteiger partial charge in [-0.3, -0.25) is 9.52 Å². The zero-order valence-electron chi connectivity index (χ0n) is 22.8. The van der Waals surface area contributed by atoms with Crippen LogP contribution < -0.4 is 14.9 Å². The molecule has 0 unspecified atom stereocenters. The minimum absolute atomic E-state index is 0.000641. The Morgan fingerprint density at radius 1 is 1.07 bits per heavy atom. The molecule has 0 spiro atoms. The van der Waals surface area contributed by atoms with E-state index in [1.54, 1.807) is 12.1 Å². The molecule has 0 aliphatic carbocycles. The van der Waals surface area contributed by atoms with Gasteiger partial charge in [0.15, 0.2) is 0 Å². The lowest BCUT2D eigenvalue weighted by molar-refractivity contribution is -0.137. The van der Waals surface area contributed by atoms with Crippen molar-refractivity contribution in [2.45, 2.75) is 43.7 Å². The maximum atomic E-state index is 13.0. The topological polar surface area (TPSA) is 177 Å². The predicted octanol–water partition coefficient (Wildman–Crippen LogP) is 1.79. The first-order chi connectivity index (χ1) is 18.7. The van der Waals surface area contributed by atoms with Gasteiger partial charge in [0.2, 0.25) is 20.0 Å². The van der Waals surface area contributed by atoms with E-state index in [9.17, 15) is 31.8 Å². The molecule has 1 aliphatic heterocycles. The van der Waals surface area contributed by atoms with Gasteiger partial charge in [0.1, 0.15) is 12.3 Å². The fraction of sp³-hybridized carbons (Fsp3) is 0.500. The van der Waals surface area contributed by atoms with Crippen LogP contribution >= 0.6 is 0 Å². The molecule has 1 atom stereocenters. The molecule has 0 bridgehead atoms. The minimum atomic E-state index is -3.95. The van der Waals surface area contributed by atoms with Gasteiger partial charge in [-0.2, -0.15) is 4.31 Å². The summed E-state index contributed by atoms with van der Waals surface area (Å²) in [5, 5.41) is 33.0. The van der Waals surface area contributed by atoms with Gasteiger partial charge >= 0.3 is 5.97 Å². The van der Waals surface area contributed by atoms with Gasteiger partial charge in [-0.05, 0) is 60.7 Å². The zero-order valence-corrected chi connectivity index (χ0v) is 24.5. The molecule has 5 N–H and O–H groups in total. The van der Waals surface area contributed by atoms with Gasteiger partial charge in [-0.1, -0.05) is 19.9 Å². The number of nitrogens with zero attached hydrogens (tertiary/aromatic N) is 2. The Balaban J connectivity index is 1.55. The van der Waals surface area contributed by atoms with Crippen molar-refractivity contribution < 1.29 is 36.9 Å². The summed E-state index contributed by atoms with van der Waals surface area (Å²) >= 11 is 0. The Labute approximate surface area is 235 Å². The number of phenolic OH excluding ortho intramolecular Hbond substituents is 1. The normalized spacial score (nSPS) is 15.9. The van der Waals surface area contributed by atoms with Crippen molar-refractivity contribution in [3.63, 3.8) is 0 Å². The number of aliphatic hydroxyl groups excluding tert-OH is 1. The first-order valence-corrected chi connectivity index (χ1v) is 16.3. The van der Waals surface area contributed by atoms with E-state index in [4.69, 9.17) is 5.11 Å².